The molecule has 0 radical (unpaired) electrons. The highest BCUT2D eigenvalue weighted by Gasteiger charge is 2.42. The van der Waals surface area contributed by atoms with Gasteiger partial charge in [0.1, 0.15) is 5.00 Å². The number of amides is 1. The normalized spacial score (nSPS) is 19.2. The lowest BCUT2D eigenvalue weighted by molar-refractivity contribution is -0.0248. The Kier molecular flexibility index (Phi) is 5.60. The lowest BCUT2D eigenvalue weighted by Crippen LogP contribution is -2.34. The number of hydrogen-bond acceptors (Lipinski definition) is 5. The topological polar surface area (TPSA) is 87.7 Å². The fraction of sp³-hybridized carbons (Fsp3) is 0.500. The smallest absolute Gasteiger partial charge is 0.339 e. The van der Waals surface area contributed by atoms with Crippen LogP contribution < -0.4 is 10.6 Å². The molecule has 1 fully saturated rings. The lowest BCUT2D eigenvalue weighted by Gasteiger charge is -2.40. The first kappa shape index (κ1) is 21.8. The van der Waals surface area contributed by atoms with E-state index in [1.807, 2.05) is 12.1 Å². The van der Waals surface area contributed by atoms with Gasteiger partial charge in [-0.25, -0.2) is 4.79 Å². The summed E-state index contributed by atoms with van der Waals surface area (Å²) in [5, 5.41) is 16.6. The molecule has 2 aliphatic rings. The molecular formula is C24H30N2O4S. The predicted molar refractivity (Wildman–Crippen MR) is 124 cm³/mol. The highest BCUT2D eigenvalue weighted by Crippen LogP contribution is 2.52. The minimum atomic E-state index is -0.985. The monoisotopic (exact) mass is 442 g/mol. The summed E-state index contributed by atoms with van der Waals surface area (Å²) in [7, 11) is 0. The second kappa shape index (κ2) is 7.95. The van der Waals surface area contributed by atoms with E-state index in [4.69, 9.17) is 4.74 Å². The van der Waals surface area contributed by atoms with Gasteiger partial charge in [-0.15, -0.1) is 11.3 Å². The third kappa shape index (κ3) is 4.48. The maximum absolute atomic E-state index is 12.9. The van der Waals surface area contributed by atoms with Crippen LogP contribution in [0.2, 0.25) is 0 Å². The Labute approximate surface area is 187 Å². The maximum atomic E-state index is 12.9. The van der Waals surface area contributed by atoms with E-state index in [1.165, 1.54) is 11.3 Å². The number of hydrogen-bond donors (Lipinski definition) is 3. The van der Waals surface area contributed by atoms with Gasteiger partial charge in [-0.1, -0.05) is 27.7 Å². The first-order valence-corrected chi connectivity index (χ1v) is 11.5. The van der Waals surface area contributed by atoms with Gasteiger partial charge in [0.15, 0.2) is 0 Å². The number of carbonyl (C=O) groups is 2. The van der Waals surface area contributed by atoms with Gasteiger partial charge in [-0.2, -0.15) is 0 Å². The Balaban J connectivity index is 1.54. The molecule has 0 unspecified atom stereocenters. The van der Waals surface area contributed by atoms with Crippen molar-refractivity contribution in [2.45, 2.75) is 46.0 Å². The Bertz CT molecular complexity index is 1000. The summed E-state index contributed by atoms with van der Waals surface area (Å²) in [5.74, 6) is -0.741. The van der Waals surface area contributed by atoms with Crippen LogP contribution in [0.3, 0.4) is 0 Å². The van der Waals surface area contributed by atoms with Crippen molar-refractivity contribution in [1.29, 1.82) is 0 Å². The minimum Gasteiger partial charge on any atom is -0.478 e. The first-order chi connectivity index (χ1) is 14.6. The van der Waals surface area contributed by atoms with Crippen LogP contribution in [0.4, 0.5) is 10.7 Å². The number of anilines is 2. The number of ether oxygens (including phenoxy) is 1. The van der Waals surface area contributed by atoms with E-state index >= 15 is 0 Å². The molecular weight excluding hydrogens is 412 g/mol. The van der Waals surface area contributed by atoms with Crippen molar-refractivity contribution >= 4 is 33.9 Å². The van der Waals surface area contributed by atoms with Crippen molar-refractivity contribution in [3.8, 4) is 0 Å². The van der Waals surface area contributed by atoms with E-state index in [0.717, 1.165) is 42.3 Å². The van der Waals surface area contributed by atoms with Gasteiger partial charge >= 0.3 is 5.97 Å². The van der Waals surface area contributed by atoms with Crippen molar-refractivity contribution in [2.75, 3.05) is 30.4 Å². The van der Waals surface area contributed by atoms with E-state index in [1.54, 1.807) is 12.1 Å². The van der Waals surface area contributed by atoms with Gasteiger partial charge in [0.2, 0.25) is 0 Å². The molecule has 0 spiro atoms. The Hall–Kier alpha value is -2.38. The van der Waals surface area contributed by atoms with Gasteiger partial charge in [-0.05, 0) is 53.5 Å². The van der Waals surface area contributed by atoms with Crippen LogP contribution in [0.5, 0.6) is 0 Å². The van der Waals surface area contributed by atoms with Crippen LogP contribution in [0.25, 0.3) is 0 Å². The van der Waals surface area contributed by atoms with Gasteiger partial charge < -0.3 is 20.5 Å². The number of nitrogens with one attached hydrogen (secondary N) is 2. The first-order valence-electron chi connectivity index (χ1n) is 10.7. The second-order valence-corrected chi connectivity index (χ2v) is 11.2. The number of aromatic carboxylic acids is 1. The van der Waals surface area contributed by atoms with Crippen LogP contribution in [-0.4, -0.2) is 36.7 Å². The molecule has 6 nitrogen and oxygen atoms in total. The van der Waals surface area contributed by atoms with Crippen molar-refractivity contribution < 1.29 is 19.4 Å². The zero-order valence-electron chi connectivity index (χ0n) is 18.5. The summed E-state index contributed by atoms with van der Waals surface area (Å²) in [6.45, 7) is 11.1. The van der Waals surface area contributed by atoms with Crippen LogP contribution in [-0.2, 0) is 16.6 Å². The molecule has 2 heterocycles. The molecule has 2 aromatic rings. The lowest BCUT2D eigenvalue weighted by atomic mass is 9.65. The van der Waals surface area contributed by atoms with E-state index in [-0.39, 0.29) is 22.3 Å². The number of fused-ring (bicyclic) bond motifs is 1. The van der Waals surface area contributed by atoms with Crippen molar-refractivity contribution in [3.63, 3.8) is 0 Å². The number of carboxylic acid groups (broad SMARTS) is 1. The third-order valence-electron chi connectivity index (χ3n) is 6.09. The molecule has 0 atom stereocenters. The number of carbonyl (C=O) groups excluding carboxylic acids is 1. The Morgan fingerprint density at radius 3 is 2.42 bits per heavy atom. The molecule has 0 saturated carbocycles. The van der Waals surface area contributed by atoms with Crippen LogP contribution in [0.15, 0.2) is 24.3 Å². The minimum absolute atomic E-state index is 0.0114. The zero-order chi connectivity index (χ0) is 22.4. The maximum Gasteiger partial charge on any atom is 0.339 e. The molecule has 1 saturated heterocycles. The summed E-state index contributed by atoms with van der Waals surface area (Å²) >= 11 is 1.41. The van der Waals surface area contributed by atoms with Crippen LogP contribution >= 0.6 is 11.3 Å². The molecule has 1 amide bonds. The number of benzene rings is 1. The summed E-state index contributed by atoms with van der Waals surface area (Å²) < 4.78 is 5.18. The summed E-state index contributed by atoms with van der Waals surface area (Å²) in [6, 6.07) is 7.27. The largest absolute Gasteiger partial charge is 0.478 e. The highest BCUT2D eigenvalue weighted by molar-refractivity contribution is 7.17. The van der Waals surface area contributed by atoms with Crippen molar-refractivity contribution in [3.05, 3.63) is 45.8 Å². The molecule has 0 bridgehead atoms. The van der Waals surface area contributed by atoms with E-state index in [2.05, 4.69) is 38.3 Å². The standard InChI is InChI=1S/C24H30N2O4S/c1-23(2)9-17-18(22(28)29)21(31-19(17)24(3,4)13-23)26-20(27)15-5-7-16(8-6-15)25-10-14-11-30-12-14/h5-8,14,25H,9-13H2,1-4H3,(H,26,27)(H,28,29). The zero-order valence-corrected chi connectivity index (χ0v) is 19.3. The quantitative estimate of drug-likeness (QED) is 0.586. The van der Waals surface area contributed by atoms with E-state index in [0.29, 0.717) is 22.9 Å². The van der Waals surface area contributed by atoms with Crippen LogP contribution in [0.1, 0.15) is 65.3 Å². The molecule has 1 aromatic heterocycles. The van der Waals surface area contributed by atoms with E-state index < -0.39 is 5.97 Å². The van der Waals surface area contributed by atoms with Crippen molar-refractivity contribution in [1.82, 2.24) is 0 Å². The van der Waals surface area contributed by atoms with E-state index in [9.17, 15) is 14.7 Å². The SMILES string of the molecule is CC1(C)Cc2c(sc(NC(=O)c3ccc(NCC4COC4)cc3)c2C(=O)O)C(C)(C)C1. The number of carboxylic acids is 1. The number of thiophene rings is 1. The highest BCUT2D eigenvalue weighted by atomic mass is 32.1. The second-order valence-electron chi connectivity index (χ2n) is 10.1. The average Bonchev–Trinajstić information content (AvgIpc) is 2.98. The van der Waals surface area contributed by atoms with Gasteiger partial charge in [0, 0.05) is 28.6 Å². The van der Waals surface area contributed by atoms with Crippen LogP contribution in [0, 0.1) is 11.3 Å². The molecule has 1 aromatic carbocycles. The fourth-order valence-corrected chi connectivity index (χ4v) is 6.20. The summed E-state index contributed by atoms with van der Waals surface area (Å²) in [6.07, 6.45) is 1.67. The van der Waals surface area contributed by atoms with Gasteiger partial charge in [0.25, 0.3) is 5.91 Å². The average molecular weight is 443 g/mol. The molecule has 166 valence electrons. The molecule has 1 aliphatic carbocycles. The Morgan fingerprint density at radius 1 is 1.16 bits per heavy atom. The molecule has 7 heteroatoms. The number of rotatable bonds is 6. The molecule has 1 aliphatic heterocycles. The van der Waals surface area contributed by atoms with Crippen molar-refractivity contribution in [2.24, 2.45) is 11.3 Å². The Morgan fingerprint density at radius 2 is 1.84 bits per heavy atom. The fourth-order valence-electron chi connectivity index (χ4n) is 4.89. The molecule has 3 N–H and O–H groups in total. The van der Waals surface area contributed by atoms with Gasteiger partial charge in [0.05, 0.1) is 18.8 Å². The summed E-state index contributed by atoms with van der Waals surface area (Å²) in [5.41, 5.74) is 2.44. The predicted octanol–water partition coefficient (Wildman–Crippen LogP) is 5.01. The molecule has 4 rings (SSSR count). The third-order valence-corrected chi connectivity index (χ3v) is 7.60. The summed E-state index contributed by atoms with van der Waals surface area (Å²) in [4.78, 5) is 26.1. The molecule has 31 heavy (non-hydrogen) atoms. The van der Waals surface area contributed by atoms with Gasteiger partial charge in [-0.3, -0.25) is 4.79 Å².